The molecule has 0 N–H and O–H groups in total. The second-order valence-corrected chi connectivity index (χ2v) is 5.62. The normalized spacial score (nSPS) is 36.7. The van der Waals surface area contributed by atoms with E-state index >= 15 is 0 Å². The van der Waals surface area contributed by atoms with Gasteiger partial charge in [-0.15, -0.1) is 0 Å². The first-order chi connectivity index (χ1) is 4.33. The van der Waals surface area contributed by atoms with Crippen LogP contribution < -0.4 is 0 Å². The number of halogens is 2. The van der Waals surface area contributed by atoms with Crippen LogP contribution in [0.2, 0.25) is 0 Å². The molecule has 1 heterocycles. The van der Waals surface area contributed by atoms with Crippen LogP contribution in [0.3, 0.4) is 0 Å². The third-order valence-electron chi connectivity index (χ3n) is 1.48. The van der Waals surface area contributed by atoms with Gasteiger partial charge in [0.1, 0.15) is 0 Å². The zero-order valence-corrected chi connectivity index (χ0v) is 9.14. The molecule has 54 valence electrons. The molecule has 0 amide bonds. The number of alkyl halides is 2. The van der Waals surface area contributed by atoms with Gasteiger partial charge >= 0.3 is 0 Å². The first-order valence-corrected chi connectivity index (χ1v) is 6.23. The van der Waals surface area contributed by atoms with Gasteiger partial charge in [0.2, 0.25) is 0 Å². The molecule has 2 atom stereocenters. The van der Waals surface area contributed by atoms with Gasteiger partial charge < -0.3 is 0 Å². The van der Waals surface area contributed by atoms with Gasteiger partial charge in [0.15, 0.2) is 0 Å². The fourth-order valence-corrected chi connectivity index (χ4v) is 4.21. The standard InChI is InChI=1S/C6H10Br2S/c7-4-6-3-5(8)1-2-9-6/h5-6H,1-4H2. The molecule has 0 aromatic carbocycles. The maximum absolute atomic E-state index is 3.64. The van der Waals surface area contributed by atoms with Crippen LogP contribution in [0.25, 0.3) is 0 Å². The topological polar surface area (TPSA) is 0 Å². The van der Waals surface area contributed by atoms with Crippen LogP contribution in [0, 0.1) is 0 Å². The van der Waals surface area contributed by atoms with Crippen LogP contribution in [-0.2, 0) is 0 Å². The van der Waals surface area contributed by atoms with Gasteiger partial charge in [-0.25, -0.2) is 0 Å². The lowest BCUT2D eigenvalue weighted by Crippen LogP contribution is -2.18. The van der Waals surface area contributed by atoms with Gasteiger partial charge in [0.05, 0.1) is 0 Å². The van der Waals surface area contributed by atoms with Gasteiger partial charge in [-0.2, -0.15) is 11.8 Å². The maximum Gasteiger partial charge on any atom is 0.0164 e. The third kappa shape index (κ3) is 2.81. The summed E-state index contributed by atoms with van der Waals surface area (Å²) in [6, 6.07) is 0. The highest BCUT2D eigenvalue weighted by molar-refractivity contribution is 9.09. The monoisotopic (exact) mass is 272 g/mol. The Labute approximate surface area is 77.4 Å². The molecule has 0 nitrogen and oxygen atoms in total. The minimum absolute atomic E-state index is 0.779. The summed E-state index contributed by atoms with van der Waals surface area (Å²) in [6.07, 6.45) is 2.67. The Hall–Kier alpha value is 1.31. The Morgan fingerprint density at radius 1 is 1.56 bits per heavy atom. The second kappa shape index (κ2) is 4.24. The van der Waals surface area contributed by atoms with E-state index in [0.29, 0.717) is 0 Å². The van der Waals surface area contributed by atoms with E-state index in [0.717, 1.165) is 15.4 Å². The van der Waals surface area contributed by atoms with Crippen molar-refractivity contribution in [1.29, 1.82) is 0 Å². The molecule has 0 aliphatic carbocycles. The van der Waals surface area contributed by atoms with Gasteiger partial charge in [0, 0.05) is 15.4 Å². The van der Waals surface area contributed by atoms with Crippen molar-refractivity contribution < 1.29 is 0 Å². The third-order valence-corrected chi connectivity index (χ3v) is 4.82. The van der Waals surface area contributed by atoms with Crippen LogP contribution in [0.1, 0.15) is 12.8 Å². The molecule has 1 aliphatic rings. The van der Waals surface area contributed by atoms with Crippen molar-refractivity contribution in [2.45, 2.75) is 22.9 Å². The van der Waals surface area contributed by atoms with E-state index in [1.54, 1.807) is 0 Å². The van der Waals surface area contributed by atoms with Crippen molar-refractivity contribution in [3.05, 3.63) is 0 Å². The molecule has 1 aliphatic heterocycles. The molecule has 0 bridgehead atoms. The Kier molecular flexibility index (Phi) is 3.96. The highest BCUT2D eigenvalue weighted by Crippen LogP contribution is 2.30. The van der Waals surface area contributed by atoms with Crippen molar-refractivity contribution in [2.75, 3.05) is 11.1 Å². The van der Waals surface area contributed by atoms with Crippen molar-refractivity contribution in [2.24, 2.45) is 0 Å². The second-order valence-electron chi connectivity index (χ2n) is 2.27. The number of thioether (sulfide) groups is 1. The largest absolute Gasteiger partial charge is 0.158 e. The van der Waals surface area contributed by atoms with Crippen LogP contribution in [0.5, 0.6) is 0 Å². The van der Waals surface area contributed by atoms with E-state index in [2.05, 4.69) is 43.6 Å². The Bertz CT molecular complexity index is 87.1. The van der Waals surface area contributed by atoms with E-state index in [1.165, 1.54) is 18.6 Å². The summed E-state index contributed by atoms with van der Waals surface area (Å²) in [4.78, 5) is 0.779. The van der Waals surface area contributed by atoms with E-state index in [-0.39, 0.29) is 0 Å². The summed E-state index contributed by atoms with van der Waals surface area (Å²) < 4.78 is 0. The lowest BCUT2D eigenvalue weighted by molar-refractivity contribution is 0.727. The summed E-state index contributed by atoms with van der Waals surface area (Å²) in [7, 11) is 0. The molecule has 2 unspecified atom stereocenters. The van der Waals surface area contributed by atoms with Crippen LogP contribution in [-0.4, -0.2) is 21.2 Å². The molecule has 0 radical (unpaired) electrons. The summed E-state index contributed by atoms with van der Waals surface area (Å²) in [5.41, 5.74) is 0. The zero-order chi connectivity index (χ0) is 6.69. The quantitative estimate of drug-likeness (QED) is 0.662. The predicted octanol–water partition coefficient (Wildman–Crippen LogP) is 3.04. The lowest BCUT2D eigenvalue weighted by atomic mass is 10.2. The summed E-state index contributed by atoms with van der Waals surface area (Å²) in [5, 5.41) is 2.00. The van der Waals surface area contributed by atoms with Crippen molar-refractivity contribution in [1.82, 2.24) is 0 Å². The van der Waals surface area contributed by atoms with E-state index in [4.69, 9.17) is 0 Å². The van der Waals surface area contributed by atoms with E-state index < -0.39 is 0 Å². The number of rotatable bonds is 1. The number of hydrogen-bond donors (Lipinski definition) is 0. The highest BCUT2D eigenvalue weighted by atomic mass is 79.9. The first kappa shape index (κ1) is 8.41. The average Bonchev–Trinajstić information content (AvgIpc) is 1.88. The minimum Gasteiger partial charge on any atom is -0.158 e. The molecule has 0 aromatic rings. The Balaban J connectivity index is 2.23. The maximum atomic E-state index is 3.64. The van der Waals surface area contributed by atoms with Gasteiger partial charge in [-0.1, -0.05) is 31.9 Å². The smallest absolute Gasteiger partial charge is 0.0164 e. The molecule has 1 fully saturated rings. The van der Waals surface area contributed by atoms with Gasteiger partial charge in [-0.05, 0) is 18.6 Å². The predicted molar refractivity (Wildman–Crippen MR) is 52.0 cm³/mol. The summed E-state index contributed by atoms with van der Waals surface area (Å²) in [5.74, 6) is 1.33. The van der Waals surface area contributed by atoms with Gasteiger partial charge in [0.25, 0.3) is 0 Å². The molecule has 9 heavy (non-hydrogen) atoms. The molecular formula is C6H10Br2S. The van der Waals surface area contributed by atoms with Crippen molar-refractivity contribution in [3.8, 4) is 0 Å². The van der Waals surface area contributed by atoms with Gasteiger partial charge in [-0.3, -0.25) is 0 Å². The van der Waals surface area contributed by atoms with E-state index in [9.17, 15) is 0 Å². The van der Waals surface area contributed by atoms with Crippen LogP contribution in [0.15, 0.2) is 0 Å². The molecule has 0 spiro atoms. The first-order valence-electron chi connectivity index (χ1n) is 3.14. The zero-order valence-electron chi connectivity index (χ0n) is 5.15. The highest BCUT2D eigenvalue weighted by Gasteiger charge is 2.18. The molecule has 1 rings (SSSR count). The molecule has 1 saturated heterocycles. The van der Waals surface area contributed by atoms with Crippen LogP contribution >= 0.6 is 43.6 Å². The summed E-state index contributed by atoms with van der Waals surface area (Å²) >= 11 is 9.22. The molecule has 3 heteroatoms. The number of hydrogen-bond acceptors (Lipinski definition) is 1. The Morgan fingerprint density at radius 2 is 2.33 bits per heavy atom. The van der Waals surface area contributed by atoms with E-state index in [1.807, 2.05) is 0 Å². The van der Waals surface area contributed by atoms with Crippen molar-refractivity contribution >= 4 is 43.6 Å². The molecule has 0 saturated carbocycles. The average molecular weight is 274 g/mol. The Morgan fingerprint density at radius 3 is 2.78 bits per heavy atom. The minimum atomic E-state index is 0.779. The summed E-state index contributed by atoms with van der Waals surface area (Å²) in [6.45, 7) is 0. The van der Waals surface area contributed by atoms with Crippen molar-refractivity contribution in [3.63, 3.8) is 0 Å². The van der Waals surface area contributed by atoms with Crippen LogP contribution in [0.4, 0.5) is 0 Å². The molecular weight excluding hydrogens is 264 g/mol. The fourth-order valence-electron chi connectivity index (χ4n) is 0.941. The SMILES string of the molecule is BrCC1CC(Br)CCS1. The molecule has 0 aromatic heterocycles. The fraction of sp³-hybridized carbons (Fsp3) is 1.00. The lowest BCUT2D eigenvalue weighted by Gasteiger charge is -2.23.